The van der Waals surface area contributed by atoms with Crippen molar-refractivity contribution in [2.24, 2.45) is 0 Å². The summed E-state index contributed by atoms with van der Waals surface area (Å²) in [6.45, 7) is 6.02. The Morgan fingerprint density at radius 3 is 2.17 bits per heavy atom. The van der Waals surface area contributed by atoms with E-state index in [0.29, 0.717) is 17.2 Å². The Morgan fingerprint density at radius 1 is 1.11 bits per heavy atom. The molecule has 1 heterocycles. The number of aromatic nitrogens is 2. The molecule has 0 aliphatic carbocycles. The molecule has 0 aliphatic rings. The second-order valence-corrected chi connectivity index (χ2v) is 5.17. The minimum Gasteiger partial charge on any atom is -0.423 e. The first kappa shape index (κ1) is 12.8. The van der Waals surface area contributed by atoms with E-state index in [4.69, 9.17) is 14.6 Å². The molecule has 18 heavy (non-hydrogen) atoms. The lowest BCUT2D eigenvalue weighted by Gasteiger charge is -2.10. The summed E-state index contributed by atoms with van der Waals surface area (Å²) in [5.41, 5.74) is 1.01. The zero-order valence-electron chi connectivity index (χ0n) is 10.6. The average Bonchev–Trinajstić information content (AvgIpc) is 2.78. The van der Waals surface area contributed by atoms with Crippen molar-refractivity contribution >= 4 is 12.6 Å². The molecule has 94 valence electrons. The number of hydrogen-bond donors (Lipinski definition) is 2. The van der Waals surface area contributed by atoms with E-state index in [0.717, 1.165) is 5.56 Å². The Kier molecular flexibility index (Phi) is 3.23. The first-order valence-corrected chi connectivity index (χ1v) is 5.68. The van der Waals surface area contributed by atoms with Crippen LogP contribution in [0.3, 0.4) is 0 Å². The van der Waals surface area contributed by atoms with E-state index >= 15 is 0 Å². The molecule has 0 saturated carbocycles. The lowest BCUT2D eigenvalue weighted by molar-refractivity contribution is 0.402. The Labute approximate surface area is 106 Å². The van der Waals surface area contributed by atoms with Crippen molar-refractivity contribution in [2.45, 2.75) is 26.2 Å². The molecule has 0 fully saturated rings. The quantitative estimate of drug-likeness (QED) is 0.763. The van der Waals surface area contributed by atoms with Crippen LogP contribution >= 0.6 is 0 Å². The van der Waals surface area contributed by atoms with Crippen LogP contribution in [0.2, 0.25) is 0 Å². The fraction of sp³-hybridized carbons (Fsp3) is 0.333. The molecule has 0 amide bonds. The number of hydrogen-bond acceptors (Lipinski definition) is 5. The molecule has 2 rings (SSSR count). The monoisotopic (exact) mass is 246 g/mol. The van der Waals surface area contributed by atoms with Crippen molar-refractivity contribution in [3.63, 3.8) is 0 Å². The lowest BCUT2D eigenvalue weighted by atomic mass is 9.80. The summed E-state index contributed by atoms with van der Waals surface area (Å²) in [5, 5.41) is 21.9. The molecule has 1 aromatic carbocycles. The van der Waals surface area contributed by atoms with Gasteiger partial charge in [0.2, 0.25) is 0 Å². The molecule has 0 saturated heterocycles. The maximum Gasteiger partial charge on any atom is 0.488 e. The van der Waals surface area contributed by atoms with Gasteiger partial charge in [-0.2, -0.15) is 4.98 Å². The summed E-state index contributed by atoms with van der Waals surface area (Å²) in [4.78, 5) is 4.32. The second-order valence-electron chi connectivity index (χ2n) is 5.17. The van der Waals surface area contributed by atoms with Gasteiger partial charge in [0.1, 0.15) is 0 Å². The van der Waals surface area contributed by atoms with Gasteiger partial charge in [0, 0.05) is 11.0 Å². The van der Waals surface area contributed by atoms with Gasteiger partial charge in [-0.1, -0.05) is 38.1 Å². The maximum atomic E-state index is 9.00. The van der Waals surface area contributed by atoms with Crippen molar-refractivity contribution in [2.75, 3.05) is 0 Å². The summed E-state index contributed by atoms with van der Waals surface area (Å²) >= 11 is 0. The molecule has 0 aliphatic heterocycles. The summed E-state index contributed by atoms with van der Waals surface area (Å²) in [5.74, 6) is 1.07. The molecule has 5 nitrogen and oxygen atoms in total. The molecule has 0 unspecified atom stereocenters. The highest BCUT2D eigenvalue weighted by Gasteiger charge is 2.21. The zero-order chi connectivity index (χ0) is 13.3. The third-order valence-corrected chi connectivity index (χ3v) is 2.55. The summed E-state index contributed by atoms with van der Waals surface area (Å²) in [6.07, 6.45) is 0. The molecule has 0 spiro atoms. The van der Waals surface area contributed by atoms with Gasteiger partial charge in [-0.05, 0) is 17.6 Å². The summed E-state index contributed by atoms with van der Waals surface area (Å²) < 4.78 is 5.19. The van der Waals surface area contributed by atoms with Crippen LogP contribution in [0.4, 0.5) is 0 Å². The Hall–Kier alpha value is -1.66. The zero-order valence-corrected chi connectivity index (χ0v) is 10.6. The van der Waals surface area contributed by atoms with Crippen LogP contribution < -0.4 is 5.46 Å². The van der Waals surface area contributed by atoms with E-state index < -0.39 is 7.12 Å². The maximum absolute atomic E-state index is 9.00. The van der Waals surface area contributed by atoms with Crippen molar-refractivity contribution in [3.8, 4) is 11.5 Å². The molecule has 0 atom stereocenters. The van der Waals surface area contributed by atoms with E-state index in [1.165, 1.54) is 0 Å². The van der Waals surface area contributed by atoms with Gasteiger partial charge in [-0.15, -0.1) is 0 Å². The Morgan fingerprint density at radius 2 is 1.72 bits per heavy atom. The van der Waals surface area contributed by atoms with Crippen LogP contribution in [0.15, 0.2) is 28.8 Å². The molecular weight excluding hydrogens is 231 g/mol. The van der Waals surface area contributed by atoms with Crippen LogP contribution in [-0.4, -0.2) is 27.3 Å². The summed E-state index contributed by atoms with van der Waals surface area (Å²) in [6, 6.07) is 6.66. The number of benzene rings is 1. The largest absolute Gasteiger partial charge is 0.488 e. The Bertz CT molecular complexity index is 529. The lowest BCUT2D eigenvalue weighted by Crippen LogP contribution is -2.29. The van der Waals surface area contributed by atoms with Crippen LogP contribution in [0, 0.1) is 0 Å². The fourth-order valence-electron chi connectivity index (χ4n) is 1.44. The molecule has 1 aromatic heterocycles. The minimum atomic E-state index is -1.47. The highest BCUT2D eigenvalue weighted by Crippen LogP contribution is 2.22. The number of rotatable bonds is 2. The fourth-order valence-corrected chi connectivity index (χ4v) is 1.44. The molecule has 2 aromatic rings. The van der Waals surface area contributed by atoms with E-state index in [9.17, 15) is 0 Å². The standard InChI is InChI=1S/C12H15BN2O3/c1-12(2,3)11-14-10(18-15-11)8-4-6-9(7-5-8)13(16)17/h4-7,16-17H,1-3H3. The molecule has 0 radical (unpaired) electrons. The van der Waals surface area contributed by atoms with E-state index in [-0.39, 0.29) is 5.41 Å². The highest BCUT2D eigenvalue weighted by atomic mass is 16.5. The smallest absolute Gasteiger partial charge is 0.423 e. The Balaban J connectivity index is 2.29. The second kappa shape index (κ2) is 4.55. The molecular formula is C12H15BN2O3. The first-order valence-electron chi connectivity index (χ1n) is 5.68. The third-order valence-electron chi connectivity index (χ3n) is 2.55. The van der Waals surface area contributed by atoms with Crippen LogP contribution in [0.5, 0.6) is 0 Å². The van der Waals surface area contributed by atoms with Gasteiger partial charge in [0.15, 0.2) is 5.82 Å². The topological polar surface area (TPSA) is 79.4 Å². The average molecular weight is 246 g/mol. The van der Waals surface area contributed by atoms with E-state index in [1.807, 2.05) is 20.8 Å². The van der Waals surface area contributed by atoms with Gasteiger partial charge in [-0.3, -0.25) is 0 Å². The van der Waals surface area contributed by atoms with Crippen molar-refractivity contribution < 1.29 is 14.6 Å². The SMILES string of the molecule is CC(C)(C)c1noc(-c2ccc(B(O)O)cc2)n1. The molecule has 2 N–H and O–H groups in total. The van der Waals surface area contributed by atoms with Crippen LogP contribution in [-0.2, 0) is 5.41 Å². The van der Waals surface area contributed by atoms with Gasteiger partial charge >= 0.3 is 7.12 Å². The van der Waals surface area contributed by atoms with Crippen molar-refractivity contribution in [1.82, 2.24) is 10.1 Å². The molecule has 6 heteroatoms. The van der Waals surface area contributed by atoms with Gasteiger partial charge < -0.3 is 14.6 Å². The molecule has 0 bridgehead atoms. The summed E-state index contributed by atoms with van der Waals surface area (Å²) in [7, 11) is -1.47. The van der Waals surface area contributed by atoms with Gasteiger partial charge in [0.25, 0.3) is 5.89 Å². The van der Waals surface area contributed by atoms with Crippen molar-refractivity contribution in [1.29, 1.82) is 0 Å². The van der Waals surface area contributed by atoms with Gasteiger partial charge in [-0.25, -0.2) is 0 Å². The van der Waals surface area contributed by atoms with E-state index in [2.05, 4.69) is 10.1 Å². The van der Waals surface area contributed by atoms with Gasteiger partial charge in [0.05, 0.1) is 0 Å². The predicted molar refractivity (Wildman–Crippen MR) is 68.3 cm³/mol. The normalized spacial score (nSPS) is 11.6. The minimum absolute atomic E-state index is 0.164. The number of nitrogens with zero attached hydrogens (tertiary/aromatic N) is 2. The van der Waals surface area contributed by atoms with Crippen LogP contribution in [0.1, 0.15) is 26.6 Å². The highest BCUT2D eigenvalue weighted by molar-refractivity contribution is 6.58. The first-order chi connectivity index (χ1) is 8.38. The third kappa shape index (κ3) is 2.60. The predicted octanol–water partition coefficient (Wildman–Crippen LogP) is 0.714. The van der Waals surface area contributed by atoms with E-state index in [1.54, 1.807) is 24.3 Å². The van der Waals surface area contributed by atoms with Crippen molar-refractivity contribution in [3.05, 3.63) is 30.1 Å². The van der Waals surface area contributed by atoms with Crippen LogP contribution in [0.25, 0.3) is 11.5 Å².